The molecule has 0 saturated carbocycles. The molecule has 1 aromatic carbocycles. The number of hydrogen-bond acceptors (Lipinski definition) is 4. The molecule has 1 aromatic heterocycles. The number of halogens is 2. The van der Waals surface area contributed by atoms with Gasteiger partial charge in [0.05, 0.1) is 20.8 Å². The zero-order valence-corrected chi connectivity index (χ0v) is 12.0. The van der Waals surface area contributed by atoms with E-state index in [1.54, 1.807) is 12.1 Å². The molecular weight excluding hydrogens is 301 g/mol. The molecule has 2 rings (SSSR count). The molecule has 0 spiro atoms. The number of Topliss-reactive ketones (excluding diaryl/α,β-unsaturated/α-hetero) is 1. The molecule has 0 aliphatic carbocycles. The van der Waals surface area contributed by atoms with Crippen molar-refractivity contribution < 1.29 is 13.9 Å². The monoisotopic (exact) mass is 309 g/mol. The lowest BCUT2D eigenvalue weighted by molar-refractivity contribution is 0.0816. The van der Waals surface area contributed by atoms with E-state index in [0.717, 1.165) is 17.4 Å². The number of carbonyl (C=O) groups is 1. The molecule has 0 saturated heterocycles. The highest BCUT2D eigenvalue weighted by molar-refractivity contribution is 7.18. The van der Waals surface area contributed by atoms with Crippen LogP contribution in [-0.2, 0) is 0 Å². The molecule has 1 heterocycles. The Balaban J connectivity index is 2.14. The molecule has 1 unspecified atom stereocenters. The number of carbonyl (C=O) groups excluding carboxylic acids is 1. The van der Waals surface area contributed by atoms with E-state index in [4.69, 9.17) is 21.6 Å². The first-order valence-electron chi connectivity index (χ1n) is 5.67. The van der Waals surface area contributed by atoms with Crippen LogP contribution in [0.4, 0.5) is 4.39 Å². The summed E-state index contributed by atoms with van der Waals surface area (Å²) in [5, 5.41) is 8.65. The Labute approximate surface area is 124 Å². The van der Waals surface area contributed by atoms with Crippen LogP contribution in [0.2, 0.25) is 4.34 Å². The summed E-state index contributed by atoms with van der Waals surface area (Å²) in [7, 11) is 0. The van der Waals surface area contributed by atoms with E-state index in [1.807, 2.05) is 6.07 Å². The first-order valence-corrected chi connectivity index (χ1v) is 6.86. The number of nitrogens with zero attached hydrogens (tertiary/aromatic N) is 1. The second-order valence-corrected chi connectivity index (χ2v) is 5.70. The second kappa shape index (κ2) is 6.04. The molecule has 0 amide bonds. The summed E-state index contributed by atoms with van der Waals surface area (Å²) in [6, 6.07) is 8.87. The van der Waals surface area contributed by atoms with Crippen molar-refractivity contribution in [2.75, 3.05) is 0 Å². The predicted octanol–water partition coefficient (Wildman–Crippen LogP) is 4.06. The van der Waals surface area contributed by atoms with Crippen LogP contribution in [0, 0.1) is 17.1 Å². The second-order valence-electron chi connectivity index (χ2n) is 3.99. The van der Waals surface area contributed by atoms with Crippen molar-refractivity contribution in [3.63, 3.8) is 0 Å². The van der Waals surface area contributed by atoms with Gasteiger partial charge in [0.2, 0.25) is 5.78 Å². The highest BCUT2D eigenvalue weighted by Gasteiger charge is 2.20. The zero-order chi connectivity index (χ0) is 14.7. The van der Waals surface area contributed by atoms with Crippen LogP contribution in [0.3, 0.4) is 0 Å². The Hall–Kier alpha value is -1.90. The van der Waals surface area contributed by atoms with Crippen LogP contribution in [0.1, 0.15) is 22.2 Å². The van der Waals surface area contributed by atoms with Gasteiger partial charge in [-0.3, -0.25) is 4.79 Å². The largest absolute Gasteiger partial charge is 0.479 e. The van der Waals surface area contributed by atoms with Gasteiger partial charge in [-0.25, -0.2) is 4.39 Å². The minimum absolute atomic E-state index is 0.0625. The van der Waals surface area contributed by atoms with Crippen molar-refractivity contribution in [1.29, 1.82) is 5.26 Å². The summed E-state index contributed by atoms with van der Waals surface area (Å²) in [6.45, 7) is 1.54. The smallest absolute Gasteiger partial charge is 0.212 e. The average Bonchev–Trinajstić information content (AvgIpc) is 2.86. The summed E-state index contributed by atoms with van der Waals surface area (Å²) >= 11 is 6.91. The number of rotatable bonds is 4. The zero-order valence-electron chi connectivity index (χ0n) is 10.4. The molecule has 1 atom stereocenters. The summed E-state index contributed by atoms with van der Waals surface area (Å²) < 4.78 is 19.5. The van der Waals surface area contributed by atoms with Gasteiger partial charge in [-0.05, 0) is 37.3 Å². The summed E-state index contributed by atoms with van der Waals surface area (Å²) in [5.41, 5.74) is 0.193. The molecule has 2 aromatic rings. The number of ketones is 1. The molecule has 0 aliphatic heterocycles. The van der Waals surface area contributed by atoms with Gasteiger partial charge >= 0.3 is 0 Å². The van der Waals surface area contributed by atoms with E-state index in [2.05, 4.69) is 0 Å². The Morgan fingerprint density at radius 2 is 2.20 bits per heavy atom. The Kier molecular flexibility index (Phi) is 4.38. The molecular formula is C14H9ClFNO2S. The molecule has 0 N–H and O–H groups in total. The molecule has 102 valence electrons. The minimum atomic E-state index is -0.841. The van der Waals surface area contributed by atoms with Crippen molar-refractivity contribution in [2.24, 2.45) is 0 Å². The third kappa shape index (κ3) is 3.16. The maximum atomic E-state index is 13.7. The summed E-state index contributed by atoms with van der Waals surface area (Å²) in [4.78, 5) is 12.5. The molecule has 0 radical (unpaired) electrons. The lowest BCUT2D eigenvalue weighted by Gasteiger charge is -2.13. The Bertz CT molecular complexity index is 693. The van der Waals surface area contributed by atoms with Gasteiger partial charge < -0.3 is 4.74 Å². The number of nitriles is 1. The maximum Gasteiger partial charge on any atom is 0.212 e. The molecule has 0 aliphatic rings. The quantitative estimate of drug-likeness (QED) is 0.800. The van der Waals surface area contributed by atoms with E-state index in [0.29, 0.717) is 9.21 Å². The van der Waals surface area contributed by atoms with Gasteiger partial charge in [0.25, 0.3) is 0 Å². The van der Waals surface area contributed by atoms with Crippen LogP contribution in [0.5, 0.6) is 5.75 Å². The fraction of sp³-hybridized carbons (Fsp3) is 0.143. The van der Waals surface area contributed by atoms with E-state index < -0.39 is 11.9 Å². The summed E-state index contributed by atoms with van der Waals surface area (Å²) in [5.74, 6) is -1.01. The highest BCUT2D eigenvalue weighted by atomic mass is 35.5. The van der Waals surface area contributed by atoms with Gasteiger partial charge in [-0.15, -0.1) is 11.3 Å². The third-order valence-corrected chi connectivity index (χ3v) is 3.80. The lowest BCUT2D eigenvalue weighted by atomic mass is 10.2. The van der Waals surface area contributed by atoms with E-state index >= 15 is 0 Å². The van der Waals surface area contributed by atoms with Crippen molar-refractivity contribution >= 4 is 28.7 Å². The van der Waals surface area contributed by atoms with E-state index in [1.165, 1.54) is 19.1 Å². The highest BCUT2D eigenvalue weighted by Crippen LogP contribution is 2.25. The van der Waals surface area contributed by atoms with E-state index in [9.17, 15) is 9.18 Å². The normalized spacial score (nSPS) is 11.7. The molecule has 6 heteroatoms. The number of thiophene rings is 1. The first-order chi connectivity index (χ1) is 9.51. The van der Waals surface area contributed by atoms with Crippen molar-refractivity contribution in [1.82, 2.24) is 0 Å². The summed E-state index contributed by atoms with van der Waals surface area (Å²) in [6.07, 6.45) is -0.841. The van der Waals surface area contributed by atoms with Crippen LogP contribution < -0.4 is 4.74 Å². The molecule has 0 fully saturated rings. The standard InChI is InChI=1S/C14H9ClFNO2S/c1-8(14(18)12-4-5-13(15)20-12)19-11-3-2-9(7-17)6-10(11)16/h2-6,8H,1H3. The number of benzene rings is 1. The molecule has 3 nitrogen and oxygen atoms in total. The number of ether oxygens (including phenoxy) is 1. The lowest BCUT2D eigenvalue weighted by Crippen LogP contribution is -2.23. The van der Waals surface area contributed by atoms with Gasteiger partial charge in [-0.2, -0.15) is 5.26 Å². The van der Waals surface area contributed by atoms with Gasteiger partial charge in [0, 0.05) is 0 Å². The van der Waals surface area contributed by atoms with Crippen LogP contribution in [0.15, 0.2) is 30.3 Å². The maximum absolute atomic E-state index is 13.7. The van der Waals surface area contributed by atoms with Gasteiger partial charge in [0.15, 0.2) is 17.7 Å². The predicted molar refractivity (Wildman–Crippen MR) is 74.9 cm³/mol. The molecule has 20 heavy (non-hydrogen) atoms. The van der Waals surface area contributed by atoms with Crippen LogP contribution >= 0.6 is 22.9 Å². The SMILES string of the molecule is CC(Oc1ccc(C#N)cc1F)C(=O)c1ccc(Cl)s1. The Morgan fingerprint density at radius 1 is 1.45 bits per heavy atom. The van der Waals surface area contributed by atoms with Crippen molar-refractivity contribution in [2.45, 2.75) is 13.0 Å². The third-order valence-electron chi connectivity index (χ3n) is 2.55. The Morgan fingerprint density at radius 3 is 2.75 bits per heavy atom. The average molecular weight is 310 g/mol. The van der Waals surface area contributed by atoms with E-state index in [-0.39, 0.29) is 17.1 Å². The first kappa shape index (κ1) is 14.5. The fourth-order valence-electron chi connectivity index (χ4n) is 1.56. The van der Waals surface area contributed by atoms with Crippen molar-refractivity contribution in [3.8, 4) is 11.8 Å². The van der Waals surface area contributed by atoms with Gasteiger partial charge in [0.1, 0.15) is 0 Å². The topological polar surface area (TPSA) is 50.1 Å². The van der Waals surface area contributed by atoms with Crippen LogP contribution in [-0.4, -0.2) is 11.9 Å². The van der Waals surface area contributed by atoms with Crippen LogP contribution in [0.25, 0.3) is 0 Å². The van der Waals surface area contributed by atoms with Gasteiger partial charge in [-0.1, -0.05) is 11.6 Å². The minimum Gasteiger partial charge on any atom is -0.479 e. The fourth-order valence-corrected chi connectivity index (χ4v) is 2.62. The molecule has 0 bridgehead atoms. The number of hydrogen-bond donors (Lipinski definition) is 0. The van der Waals surface area contributed by atoms with Crippen molar-refractivity contribution in [3.05, 3.63) is 50.9 Å².